The lowest BCUT2D eigenvalue weighted by Gasteiger charge is -1.96. The number of carbonyl (C=O) groups is 1. The molecule has 0 atom stereocenters. The molecule has 1 aromatic rings. The second-order valence-corrected chi connectivity index (χ2v) is 3.37. The third kappa shape index (κ3) is 3.07. The van der Waals surface area contributed by atoms with Crippen LogP contribution in [0, 0.1) is 20.8 Å². The molecule has 0 bridgehead atoms. The predicted molar refractivity (Wildman–Crippen MR) is 55.5 cm³/mol. The molecule has 15 heavy (non-hydrogen) atoms. The Morgan fingerprint density at radius 2 is 2.07 bits per heavy atom. The SMILES string of the molecule is N#CSCC(=O)c1ccc([N+](=O)[O-])cc1. The van der Waals surface area contributed by atoms with Gasteiger partial charge in [-0.15, -0.1) is 0 Å². The Hall–Kier alpha value is -1.87. The second kappa shape index (κ2) is 5.12. The number of non-ortho nitro benzene ring substituents is 1. The van der Waals surface area contributed by atoms with Gasteiger partial charge in [-0.1, -0.05) is 0 Å². The van der Waals surface area contributed by atoms with E-state index in [0.29, 0.717) is 5.56 Å². The number of hydrogen-bond acceptors (Lipinski definition) is 5. The van der Waals surface area contributed by atoms with Crippen LogP contribution in [0.4, 0.5) is 5.69 Å². The molecular formula is C9H6N2O3S. The molecule has 0 unspecified atom stereocenters. The summed E-state index contributed by atoms with van der Waals surface area (Å²) in [7, 11) is 0. The van der Waals surface area contributed by atoms with E-state index >= 15 is 0 Å². The first-order valence-corrected chi connectivity index (χ1v) is 4.92. The highest BCUT2D eigenvalue weighted by atomic mass is 32.2. The Morgan fingerprint density at radius 1 is 1.47 bits per heavy atom. The fourth-order valence-electron chi connectivity index (χ4n) is 0.950. The molecule has 0 amide bonds. The molecule has 0 aliphatic heterocycles. The van der Waals surface area contributed by atoms with Gasteiger partial charge in [-0.25, -0.2) is 0 Å². The molecule has 0 saturated heterocycles. The number of thiocyanates is 1. The Bertz CT molecular complexity index is 422. The van der Waals surface area contributed by atoms with Crippen LogP contribution in [0.25, 0.3) is 0 Å². The molecule has 0 aliphatic carbocycles. The largest absolute Gasteiger partial charge is 0.293 e. The van der Waals surface area contributed by atoms with Crippen molar-refractivity contribution in [2.75, 3.05) is 5.75 Å². The predicted octanol–water partition coefficient (Wildman–Crippen LogP) is 1.99. The molecule has 1 rings (SSSR count). The molecule has 5 nitrogen and oxygen atoms in total. The first-order valence-electron chi connectivity index (χ1n) is 3.93. The molecule has 0 N–H and O–H groups in total. The van der Waals surface area contributed by atoms with Crippen molar-refractivity contribution in [1.82, 2.24) is 0 Å². The van der Waals surface area contributed by atoms with Crippen molar-refractivity contribution in [2.45, 2.75) is 0 Å². The van der Waals surface area contributed by atoms with Crippen molar-refractivity contribution < 1.29 is 9.72 Å². The Morgan fingerprint density at radius 3 is 2.53 bits per heavy atom. The smallest absolute Gasteiger partial charge is 0.269 e. The quantitative estimate of drug-likeness (QED) is 0.336. The summed E-state index contributed by atoms with van der Waals surface area (Å²) in [6.45, 7) is 0. The average Bonchev–Trinajstić information content (AvgIpc) is 2.26. The Balaban J connectivity index is 2.76. The molecule has 0 fully saturated rings. The van der Waals surface area contributed by atoms with Crippen LogP contribution in [0.1, 0.15) is 10.4 Å². The lowest BCUT2D eigenvalue weighted by molar-refractivity contribution is -0.384. The molecule has 0 saturated carbocycles. The normalized spacial score (nSPS) is 9.27. The van der Waals surface area contributed by atoms with Crippen LogP contribution in [0.3, 0.4) is 0 Å². The molecule has 0 heterocycles. The maximum absolute atomic E-state index is 11.3. The highest BCUT2D eigenvalue weighted by molar-refractivity contribution is 8.04. The van der Waals surface area contributed by atoms with Gasteiger partial charge in [0.05, 0.1) is 10.7 Å². The topological polar surface area (TPSA) is 84.0 Å². The van der Waals surface area contributed by atoms with Crippen LogP contribution in [0.5, 0.6) is 0 Å². The highest BCUT2D eigenvalue weighted by Crippen LogP contribution is 2.13. The van der Waals surface area contributed by atoms with E-state index in [1.807, 2.05) is 0 Å². The Labute approximate surface area is 89.9 Å². The standard InChI is InChI=1S/C9H6N2O3S/c10-6-15-5-9(12)7-1-3-8(4-2-7)11(13)14/h1-4H,5H2. The van der Waals surface area contributed by atoms with Crippen LogP contribution in [0.15, 0.2) is 24.3 Å². The Kier molecular flexibility index (Phi) is 3.83. The van der Waals surface area contributed by atoms with Gasteiger partial charge in [0.2, 0.25) is 0 Å². The van der Waals surface area contributed by atoms with Crippen LogP contribution >= 0.6 is 11.8 Å². The van der Waals surface area contributed by atoms with Crippen LogP contribution in [-0.4, -0.2) is 16.5 Å². The van der Waals surface area contributed by atoms with E-state index in [-0.39, 0.29) is 17.2 Å². The van der Waals surface area contributed by atoms with Crippen molar-refractivity contribution in [3.8, 4) is 5.40 Å². The minimum Gasteiger partial charge on any atom is -0.293 e. The minimum atomic E-state index is -0.529. The van der Waals surface area contributed by atoms with E-state index in [0.717, 1.165) is 11.8 Å². The van der Waals surface area contributed by atoms with E-state index < -0.39 is 4.92 Å². The maximum atomic E-state index is 11.3. The third-order valence-corrected chi connectivity index (χ3v) is 2.20. The molecule has 6 heteroatoms. The van der Waals surface area contributed by atoms with Crippen molar-refractivity contribution in [3.05, 3.63) is 39.9 Å². The fourth-order valence-corrected chi connectivity index (χ4v) is 1.31. The van der Waals surface area contributed by atoms with E-state index in [1.54, 1.807) is 5.40 Å². The zero-order valence-electron chi connectivity index (χ0n) is 7.54. The van der Waals surface area contributed by atoms with Crippen molar-refractivity contribution >= 4 is 23.2 Å². The number of carbonyl (C=O) groups excluding carboxylic acids is 1. The first-order chi connectivity index (χ1) is 7.15. The summed E-state index contributed by atoms with van der Waals surface area (Å²) in [5.74, 6) is -0.148. The summed E-state index contributed by atoms with van der Waals surface area (Å²) >= 11 is 0.844. The van der Waals surface area contributed by atoms with Gasteiger partial charge in [0.1, 0.15) is 5.40 Å². The highest BCUT2D eigenvalue weighted by Gasteiger charge is 2.09. The fraction of sp³-hybridized carbons (Fsp3) is 0.111. The summed E-state index contributed by atoms with van der Waals surface area (Å²) in [5, 5.41) is 20.4. The lowest BCUT2D eigenvalue weighted by atomic mass is 10.1. The number of hydrogen-bond donors (Lipinski definition) is 0. The van der Waals surface area contributed by atoms with E-state index in [9.17, 15) is 14.9 Å². The second-order valence-electron chi connectivity index (χ2n) is 2.61. The first kappa shape index (κ1) is 11.2. The van der Waals surface area contributed by atoms with Gasteiger partial charge in [0, 0.05) is 17.7 Å². The molecule has 0 aliphatic rings. The third-order valence-electron chi connectivity index (χ3n) is 1.67. The molecule has 0 aromatic heterocycles. The zero-order valence-corrected chi connectivity index (χ0v) is 8.36. The lowest BCUT2D eigenvalue weighted by Crippen LogP contribution is -2.01. The van der Waals surface area contributed by atoms with Gasteiger partial charge in [0.25, 0.3) is 5.69 Å². The average molecular weight is 222 g/mol. The zero-order chi connectivity index (χ0) is 11.3. The number of thioether (sulfide) groups is 1. The molecule has 0 radical (unpaired) electrons. The van der Waals surface area contributed by atoms with Crippen molar-refractivity contribution in [1.29, 1.82) is 5.26 Å². The van der Waals surface area contributed by atoms with Gasteiger partial charge >= 0.3 is 0 Å². The van der Waals surface area contributed by atoms with Crippen LogP contribution < -0.4 is 0 Å². The van der Waals surface area contributed by atoms with Crippen molar-refractivity contribution in [2.24, 2.45) is 0 Å². The summed E-state index contributed by atoms with van der Waals surface area (Å²) in [5.41, 5.74) is 0.322. The van der Waals surface area contributed by atoms with E-state index in [1.165, 1.54) is 24.3 Å². The van der Waals surface area contributed by atoms with Gasteiger partial charge < -0.3 is 0 Å². The number of nitro groups is 1. The minimum absolute atomic E-state index is 0.0560. The molecule has 1 aromatic carbocycles. The van der Waals surface area contributed by atoms with Crippen LogP contribution in [0.2, 0.25) is 0 Å². The molecule has 76 valence electrons. The van der Waals surface area contributed by atoms with Gasteiger partial charge in [-0.3, -0.25) is 14.9 Å². The number of nitriles is 1. The molecule has 0 spiro atoms. The summed E-state index contributed by atoms with van der Waals surface area (Å²) < 4.78 is 0. The van der Waals surface area contributed by atoms with Crippen molar-refractivity contribution in [3.63, 3.8) is 0 Å². The number of ketones is 1. The van der Waals surface area contributed by atoms with Gasteiger partial charge in [0.15, 0.2) is 5.78 Å². The number of benzene rings is 1. The summed E-state index contributed by atoms with van der Waals surface area (Å²) in [6, 6.07) is 5.31. The number of rotatable bonds is 4. The number of nitro benzene ring substituents is 1. The van der Waals surface area contributed by atoms with E-state index in [2.05, 4.69) is 0 Å². The van der Waals surface area contributed by atoms with Crippen LogP contribution in [-0.2, 0) is 0 Å². The number of Topliss-reactive ketones (excluding diaryl/α,β-unsaturated/α-hetero) is 1. The monoisotopic (exact) mass is 222 g/mol. The number of nitrogens with zero attached hydrogens (tertiary/aromatic N) is 2. The van der Waals surface area contributed by atoms with Gasteiger partial charge in [-0.2, -0.15) is 5.26 Å². The summed E-state index contributed by atoms with van der Waals surface area (Å²) in [6.07, 6.45) is 0. The van der Waals surface area contributed by atoms with E-state index in [4.69, 9.17) is 5.26 Å². The van der Waals surface area contributed by atoms with Gasteiger partial charge in [-0.05, 0) is 23.9 Å². The summed E-state index contributed by atoms with van der Waals surface area (Å²) in [4.78, 5) is 21.1. The maximum Gasteiger partial charge on any atom is 0.269 e. The molecular weight excluding hydrogens is 216 g/mol.